The molecular formula is C17H20FNO3. The number of carbonyl (C=O) groups is 1. The summed E-state index contributed by atoms with van der Waals surface area (Å²) in [5, 5.41) is 10.1. The van der Waals surface area contributed by atoms with Gasteiger partial charge in [-0.1, -0.05) is 6.92 Å². The molecule has 0 bridgehead atoms. The summed E-state index contributed by atoms with van der Waals surface area (Å²) in [5.74, 6) is -0.270. The van der Waals surface area contributed by atoms with Crippen LogP contribution in [0.15, 0.2) is 28.7 Å². The van der Waals surface area contributed by atoms with Crippen LogP contribution in [0.5, 0.6) is 0 Å². The second-order valence-corrected chi connectivity index (χ2v) is 6.10. The Balaban J connectivity index is 1.76. The Hall–Kier alpha value is -1.88. The average molecular weight is 305 g/mol. The van der Waals surface area contributed by atoms with Gasteiger partial charge in [-0.3, -0.25) is 4.79 Å². The van der Waals surface area contributed by atoms with E-state index in [2.05, 4.69) is 6.92 Å². The van der Waals surface area contributed by atoms with E-state index in [0.717, 1.165) is 19.3 Å². The van der Waals surface area contributed by atoms with Crippen molar-refractivity contribution in [3.8, 4) is 0 Å². The molecule has 1 aromatic heterocycles. The maximum Gasteiger partial charge on any atom is 0.289 e. The van der Waals surface area contributed by atoms with Crippen molar-refractivity contribution < 1.29 is 18.7 Å². The van der Waals surface area contributed by atoms with Gasteiger partial charge in [-0.25, -0.2) is 4.39 Å². The molecule has 0 atom stereocenters. The Bertz CT molecular complexity index is 680. The predicted molar refractivity (Wildman–Crippen MR) is 81.1 cm³/mol. The molecule has 4 nitrogen and oxygen atoms in total. The largest absolute Gasteiger partial charge is 0.451 e. The number of hydrogen-bond acceptors (Lipinski definition) is 3. The molecule has 22 heavy (non-hydrogen) atoms. The summed E-state index contributed by atoms with van der Waals surface area (Å²) in [7, 11) is 0. The fraction of sp³-hybridized carbons (Fsp3) is 0.471. The maximum absolute atomic E-state index is 13.2. The van der Waals surface area contributed by atoms with E-state index in [1.54, 1.807) is 11.0 Å². The Kier molecular flexibility index (Phi) is 3.91. The van der Waals surface area contributed by atoms with E-state index in [-0.39, 0.29) is 29.5 Å². The van der Waals surface area contributed by atoms with Crippen LogP contribution in [0, 0.1) is 11.2 Å². The topological polar surface area (TPSA) is 53.7 Å². The first-order chi connectivity index (χ1) is 10.6. The fourth-order valence-corrected chi connectivity index (χ4v) is 3.08. The number of rotatable bonds is 3. The summed E-state index contributed by atoms with van der Waals surface area (Å²) in [6, 6.07) is 5.80. The quantitative estimate of drug-likeness (QED) is 0.947. The highest BCUT2D eigenvalue weighted by Gasteiger charge is 2.34. The SMILES string of the molecule is CCC1(CO)CCN(C(=O)c2cc3cc(F)ccc3o2)CC1. The molecule has 1 amide bonds. The second-order valence-electron chi connectivity index (χ2n) is 6.10. The lowest BCUT2D eigenvalue weighted by Crippen LogP contribution is -2.44. The van der Waals surface area contributed by atoms with E-state index < -0.39 is 0 Å². The van der Waals surface area contributed by atoms with Crippen LogP contribution in [0.4, 0.5) is 4.39 Å². The highest BCUT2D eigenvalue weighted by Crippen LogP contribution is 2.34. The molecule has 1 aliphatic rings. The highest BCUT2D eigenvalue weighted by atomic mass is 19.1. The molecule has 1 aliphatic heterocycles. The van der Waals surface area contributed by atoms with Gasteiger partial charge in [0.15, 0.2) is 5.76 Å². The number of piperidine rings is 1. The number of carbonyl (C=O) groups excluding carboxylic acids is 1. The van der Waals surface area contributed by atoms with Crippen LogP contribution in [0.25, 0.3) is 11.0 Å². The number of amides is 1. The van der Waals surface area contributed by atoms with Gasteiger partial charge in [-0.15, -0.1) is 0 Å². The van der Waals surface area contributed by atoms with Gasteiger partial charge >= 0.3 is 0 Å². The van der Waals surface area contributed by atoms with Crippen molar-refractivity contribution in [3.05, 3.63) is 35.8 Å². The van der Waals surface area contributed by atoms with Gasteiger partial charge in [0.1, 0.15) is 11.4 Å². The molecule has 0 spiro atoms. The lowest BCUT2D eigenvalue weighted by Gasteiger charge is -2.39. The first kappa shape index (κ1) is 15.0. The van der Waals surface area contributed by atoms with Crippen LogP contribution >= 0.6 is 0 Å². The van der Waals surface area contributed by atoms with E-state index in [1.807, 2.05) is 0 Å². The predicted octanol–water partition coefficient (Wildman–Crippen LogP) is 3.20. The lowest BCUT2D eigenvalue weighted by molar-refractivity contribution is 0.0321. The number of aliphatic hydroxyl groups is 1. The Morgan fingerprint density at radius 3 is 2.73 bits per heavy atom. The van der Waals surface area contributed by atoms with Gasteiger partial charge in [0.2, 0.25) is 0 Å². The van der Waals surface area contributed by atoms with Gasteiger partial charge in [0.25, 0.3) is 5.91 Å². The molecule has 1 fully saturated rings. The van der Waals surface area contributed by atoms with Gasteiger partial charge in [0, 0.05) is 25.1 Å². The first-order valence-corrected chi connectivity index (χ1v) is 7.66. The zero-order valence-corrected chi connectivity index (χ0v) is 12.6. The van der Waals surface area contributed by atoms with Crippen molar-refractivity contribution in [1.82, 2.24) is 4.90 Å². The zero-order valence-electron chi connectivity index (χ0n) is 12.6. The van der Waals surface area contributed by atoms with E-state index in [9.17, 15) is 14.3 Å². The van der Waals surface area contributed by atoms with E-state index >= 15 is 0 Å². The van der Waals surface area contributed by atoms with Crippen molar-refractivity contribution in [3.63, 3.8) is 0 Å². The number of halogens is 1. The van der Waals surface area contributed by atoms with Crippen LogP contribution in [-0.2, 0) is 0 Å². The van der Waals surface area contributed by atoms with Crippen molar-refractivity contribution in [1.29, 1.82) is 0 Å². The normalized spacial score (nSPS) is 17.9. The third-order valence-corrected chi connectivity index (χ3v) is 4.89. The number of nitrogens with zero attached hydrogens (tertiary/aromatic N) is 1. The van der Waals surface area contributed by atoms with Gasteiger partial charge in [-0.2, -0.15) is 0 Å². The molecule has 1 saturated heterocycles. The van der Waals surface area contributed by atoms with E-state index in [1.165, 1.54) is 18.2 Å². The third kappa shape index (κ3) is 2.61. The monoisotopic (exact) mass is 305 g/mol. The van der Waals surface area contributed by atoms with Gasteiger partial charge in [0.05, 0.1) is 0 Å². The van der Waals surface area contributed by atoms with Crippen LogP contribution in [0.1, 0.15) is 36.7 Å². The first-order valence-electron chi connectivity index (χ1n) is 7.66. The summed E-state index contributed by atoms with van der Waals surface area (Å²) in [6.45, 7) is 3.45. The third-order valence-electron chi connectivity index (χ3n) is 4.89. The van der Waals surface area contributed by atoms with Crippen molar-refractivity contribution in [2.75, 3.05) is 19.7 Å². The molecule has 2 heterocycles. The molecule has 5 heteroatoms. The number of likely N-dealkylation sites (tertiary alicyclic amines) is 1. The minimum atomic E-state index is -0.346. The zero-order chi connectivity index (χ0) is 15.7. The van der Waals surface area contributed by atoms with Gasteiger partial charge < -0.3 is 14.4 Å². The number of furan rings is 1. The number of fused-ring (bicyclic) bond motifs is 1. The van der Waals surface area contributed by atoms with Crippen LogP contribution in [0.3, 0.4) is 0 Å². The summed E-state index contributed by atoms with van der Waals surface area (Å²) < 4.78 is 18.7. The number of aliphatic hydroxyl groups excluding tert-OH is 1. The molecule has 118 valence electrons. The number of hydrogen-bond donors (Lipinski definition) is 1. The van der Waals surface area contributed by atoms with Crippen LogP contribution in [-0.4, -0.2) is 35.6 Å². The Morgan fingerprint density at radius 1 is 1.36 bits per heavy atom. The summed E-state index contributed by atoms with van der Waals surface area (Å²) in [4.78, 5) is 14.3. The lowest BCUT2D eigenvalue weighted by atomic mass is 9.77. The molecule has 3 rings (SSSR count). The molecule has 0 radical (unpaired) electrons. The Labute approximate surface area is 128 Å². The fourth-order valence-electron chi connectivity index (χ4n) is 3.08. The minimum Gasteiger partial charge on any atom is -0.451 e. The maximum atomic E-state index is 13.2. The molecular weight excluding hydrogens is 285 g/mol. The average Bonchev–Trinajstić information content (AvgIpc) is 2.97. The van der Waals surface area contributed by atoms with Crippen molar-refractivity contribution in [2.24, 2.45) is 5.41 Å². The van der Waals surface area contributed by atoms with Gasteiger partial charge in [-0.05, 0) is 48.9 Å². The summed E-state index contributed by atoms with van der Waals surface area (Å²) >= 11 is 0. The van der Waals surface area contributed by atoms with Crippen molar-refractivity contribution >= 4 is 16.9 Å². The standard InChI is InChI=1S/C17H20FNO3/c1-2-17(11-20)5-7-19(8-6-17)16(21)15-10-12-9-13(18)3-4-14(12)22-15/h3-4,9-10,20H,2,5-8,11H2,1H3. The molecule has 1 aromatic carbocycles. The molecule has 1 N–H and O–H groups in total. The van der Waals surface area contributed by atoms with Crippen molar-refractivity contribution in [2.45, 2.75) is 26.2 Å². The second kappa shape index (κ2) is 5.72. The molecule has 0 saturated carbocycles. The molecule has 0 aliphatic carbocycles. The highest BCUT2D eigenvalue weighted by molar-refractivity contribution is 5.96. The minimum absolute atomic E-state index is 0.0617. The Morgan fingerprint density at radius 2 is 2.09 bits per heavy atom. The van der Waals surface area contributed by atoms with E-state index in [4.69, 9.17) is 4.42 Å². The van der Waals surface area contributed by atoms with Crippen LogP contribution < -0.4 is 0 Å². The molecule has 0 unspecified atom stereocenters. The smallest absolute Gasteiger partial charge is 0.289 e. The molecule has 2 aromatic rings. The summed E-state index contributed by atoms with van der Waals surface area (Å²) in [5.41, 5.74) is 0.452. The number of benzene rings is 1. The van der Waals surface area contributed by atoms with Crippen LogP contribution in [0.2, 0.25) is 0 Å². The van der Waals surface area contributed by atoms with E-state index in [0.29, 0.717) is 24.1 Å². The summed E-state index contributed by atoms with van der Waals surface area (Å²) in [6.07, 6.45) is 2.50.